The maximum Gasteiger partial charge on any atom is 0.416 e. The van der Waals surface area contributed by atoms with Gasteiger partial charge in [0.25, 0.3) is 0 Å². The zero-order chi connectivity index (χ0) is 14.9. The summed E-state index contributed by atoms with van der Waals surface area (Å²) in [6.07, 6.45) is -4.30. The molecule has 0 nitrogen and oxygen atoms in total. The smallest absolute Gasteiger partial charge is 0.166 e. The Hall–Kier alpha value is -1.77. The quantitative estimate of drug-likeness (QED) is 0.650. The third kappa shape index (κ3) is 3.03. The minimum atomic E-state index is -4.30. The first-order valence-corrected chi connectivity index (χ1v) is 6.57. The van der Waals surface area contributed by atoms with Gasteiger partial charge in [-0.2, -0.15) is 13.2 Å². The van der Waals surface area contributed by atoms with Crippen LogP contribution in [0.25, 0.3) is 11.1 Å². The molecule has 0 heterocycles. The number of benzene rings is 2. The Morgan fingerprint density at radius 2 is 1.55 bits per heavy atom. The lowest BCUT2D eigenvalue weighted by Crippen LogP contribution is -2.04. The third-order valence-corrected chi connectivity index (χ3v) is 3.42. The van der Waals surface area contributed by atoms with Gasteiger partial charge in [0, 0.05) is 0 Å². The summed E-state index contributed by atoms with van der Waals surface area (Å²) < 4.78 is 38.3. The van der Waals surface area contributed by atoms with E-state index in [4.69, 9.17) is 0 Å². The molecule has 0 bridgehead atoms. The van der Waals surface area contributed by atoms with Gasteiger partial charge in [-0.3, -0.25) is 0 Å². The fourth-order valence-electron chi connectivity index (χ4n) is 2.32. The summed E-state index contributed by atoms with van der Waals surface area (Å²) in [6.45, 7) is 6.18. The lowest BCUT2D eigenvalue weighted by atomic mass is 9.93. The van der Waals surface area contributed by atoms with E-state index < -0.39 is 11.7 Å². The molecule has 0 aliphatic heterocycles. The summed E-state index contributed by atoms with van der Waals surface area (Å²) in [6, 6.07) is 11.3. The Morgan fingerprint density at radius 1 is 0.900 bits per heavy atom. The number of hydrogen-bond donors (Lipinski definition) is 0. The van der Waals surface area contributed by atoms with E-state index in [1.54, 1.807) is 6.07 Å². The fourth-order valence-corrected chi connectivity index (χ4v) is 2.32. The van der Waals surface area contributed by atoms with Crippen molar-refractivity contribution in [2.45, 2.75) is 32.9 Å². The van der Waals surface area contributed by atoms with Crippen LogP contribution in [0, 0.1) is 6.92 Å². The molecule has 0 aromatic heterocycles. The molecule has 2 rings (SSSR count). The molecule has 0 saturated heterocycles. The molecule has 20 heavy (non-hydrogen) atoms. The molecule has 0 aliphatic rings. The molecule has 0 radical (unpaired) electrons. The van der Waals surface area contributed by atoms with E-state index in [2.05, 4.69) is 13.8 Å². The number of hydrogen-bond acceptors (Lipinski definition) is 0. The van der Waals surface area contributed by atoms with Crippen molar-refractivity contribution in [2.75, 3.05) is 0 Å². The van der Waals surface area contributed by atoms with Crippen molar-refractivity contribution in [1.29, 1.82) is 0 Å². The second kappa shape index (κ2) is 5.31. The van der Waals surface area contributed by atoms with Crippen LogP contribution in [0.5, 0.6) is 0 Å². The van der Waals surface area contributed by atoms with Crippen molar-refractivity contribution in [3.8, 4) is 11.1 Å². The number of alkyl halides is 3. The summed E-state index contributed by atoms with van der Waals surface area (Å²) in [5.74, 6) is 0.348. The van der Waals surface area contributed by atoms with Crippen LogP contribution in [0.4, 0.5) is 13.2 Å². The molecule has 0 spiro atoms. The Balaban J connectivity index is 2.49. The first kappa shape index (κ1) is 14.6. The molecule has 2 aromatic rings. The highest BCUT2D eigenvalue weighted by Gasteiger charge is 2.30. The lowest BCUT2D eigenvalue weighted by molar-refractivity contribution is -0.137. The van der Waals surface area contributed by atoms with Gasteiger partial charge < -0.3 is 0 Å². The molecule has 0 saturated carbocycles. The molecule has 3 heteroatoms. The largest absolute Gasteiger partial charge is 0.416 e. The van der Waals surface area contributed by atoms with E-state index in [0.29, 0.717) is 11.5 Å². The van der Waals surface area contributed by atoms with Gasteiger partial charge in [0.15, 0.2) is 0 Å². The second-order valence-electron chi connectivity index (χ2n) is 5.30. The van der Waals surface area contributed by atoms with Gasteiger partial charge in [-0.1, -0.05) is 44.2 Å². The van der Waals surface area contributed by atoms with E-state index in [9.17, 15) is 13.2 Å². The van der Waals surface area contributed by atoms with Gasteiger partial charge in [0.1, 0.15) is 0 Å². The van der Waals surface area contributed by atoms with Crippen LogP contribution in [-0.4, -0.2) is 0 Å². The van der Waals surface area contributed by atoms with Crippen LogP contribution in [-0.2, 0) is 6.18 Å². The molecular weight excluding hydrogens is 261 g/mol. The predicted octanol–water partition coefficient (Wildman–Crippen LogP) is 5.80. The van der Waals surface area contributed by atoms with Crippen molar-refractivity contribution in [2.24, 2.45) is 0 Å². The zero-order valence-electron chi connectivity index (χ0n) is 11.8. The van der Waals surface area contributed by atoms with Gasteiger partial charge in [0.05, 0.1) is 5.56 Å². The highest BCUT2D eigenvalue weighted by molar-refractivity contribution is 5.66. The highest BCUT2D eigenvalue weighted by atomic mass is 19.4. The van der Waals surface area contributed by atoms with Crippen LogP contribution in [0.2, 0.25) is 0 Å². The van der Waals surface area contributed by atoms with E-state index in [0.717, 1.165) is 17.2 Å². The second-order valence-corrected chi connectivity index (χ2v) is 5.30. The number of rotatable bonds is 2. The lowest BCUT2D eigenvalue weighted by Gasteiger charge is -2.13. The summed E-state index contributed by atoms with van der Waals surface area (Å²) in [5.41, 5.74) is 3.14. The molecule has 0 unspecified atom stereocenters. The number of halogens is 3. The van der Waals surface area contributed by atoms with Crippen molar-refractivity contribution < 1.29 is 13.2 Å². The Bertz CT molecular complexity index is 610. The van der Waals surface area contributed by atoms with Crippen LogP contribution in [0.3, 0.4) is 0 Å². The normalized spacial score (nSPS) is 11.9. The van der Waals surface area contributed by atoms with Gasteiger partial charge in [-0.25, -0.2) is 0 Å². The van der Waals surface area contributed by atoms with Gasteiger partial charge in [-0.05, 0) is 47.2 Å². The molecule has 106 valence electrons. The van der Waals surface area contributed by atoms with Gasteiger partial charge >= 0.3 is 6.18 Å². The first-order valence-electron chi connectivity index (χ1n) is 6.57. The topological polar surface area (TPSA) is 0 Å². The van der Waals surface area contributed by atoms with Gasteiger partial charge in [-0.15, -0.1) is 0 Å². The van der Waals surface area contributed by atoms with Crippen molar-refractivity contribution in [3.05, 3.63) is 59.2 Å². The summed E-state index contributed by atoms with van der Waals surface area (Å²) in [7, 11) is 0. The Morgan fingerprint density at radius 3 is 2.15 bits per heavy atom. The number of aryl methyl sites for hydroxylation is 1. The standard InChI is InChI=1S/C17H17F3/c1-11(2)16-10-14(8-7-12(16)3)13-5-4-6-15(9-13)17(18,19)20/h4-11H,1-3H3. The summed E-state index contributed by atoms with van der Waals surface area (Å²) >= 11 is 0. The van der Waals surface area contributed by atoms with Crippen LogP contribution >= 0.6 is 0 Å². The van der Waals surface area contributed by atoms with Gasteiger partial charge in [0.2, 0.25) is 0 Å². The van der Waals surface area contributed by atoms with Crippen molar-refractivity contribution >= 4 is 0 Å². The highest BCUT2D eigenvalue weighted by Crippen LogP contribution is 2.33. The molecular formula is C17H17F3. The molecule has 0 amide bonds. The Kier molecular flexibility index (Phi) is 3.89. The monoisotopic (exact) mass is 278 g/mol. The predicted molar refractivity (Wildman–Crippen MR) is 75.7 cm³/mol. The minimum Gasteiger partial charge on any atom is -0.166 e. The maximum absolute atomic E-state index is 12.8. The summed E-state index contributed by atoms with van der Waals surface area (Å²) in [5, 5.41) is 0. The van der Waals surface area contributed by atoms with Crippen LogP contribution in [0.1, 0.15) is 36.5 Å². The minimum absolute atomic E-state index is 0.348. The molecule has 0 atom stereocenters. The van der Waals surface area contributed by atoms with Crippen LogP contribution in [0.15, 0.2) is 42.5 Å². The van der Waals surface area contributed by atoms with E-state index in [-0.39, 0.29) is 0 Å². The summed E-state index contributed by atoms with van der Waals surface area (Å²) in [4.78, 5) is 0. The average molecular weight is 278 g/mol. The Labute approximate surface area is 117 Å². The van der Waals surface area contributed by atoms with Crippen molar-refractivity contribution in [3.63, 3.8) is 0 Å². The maximum atomic E-state index is 12.8. The van der Waals surface area contributed by atoms with E-state index in [1.807, 2.05) is 25.1 Å². The molecule has 0 fully saturated rings. The fraction of sp³-hybridized carbons (Fsp3) is 0.294. The van der Waals surface area contributed by atoms with E-state index >= 15 is 0 Å². The molecule has 0 N–H and O–H groups in total. The SMILES string of the molecule is Cc1ccc(-c2cccc(C(F)(F)F)c2)cc1C(C)C. The van der Waals surface area contributed by atoms with E-state index in [1.165, 1.54) is 17.7 Å². The van der Waals surface area contributed by atoms with Crippen molar-refractivity contribution in [1.82, 2.24) is 0 Å². The first-order chi connectivity index (χ1) is 9.29. The third-order valence-electron chi connectivity index (χ3n) is 3.42. The average Bonchev–Trinajstić information content (AvgIpc) is 2.38. The molecule has 0 aliphatic carbocycles. The van der Waals surface area contributed by atoms with Crippen LogP contribution < -0.4 is 0 Å². The molecule has 2 aromatic carbocycles. The zero-order valence-corrected chi connectivity index (χ0v) is 11.8.